The van der Waals surface area contributed by atoms with E-state index in [0.29, 0.717) is 11.3 Å². The third-order valence-corrected chi connectivity index (χ3v) is 4.69. The summed E-state index contributed by atoms with van der Waals surface area (Å²) in [5.41, 5.74) is 2.60. The molecule has 1 aliphatic carbocycles. The minimum absolute atomic E-state index is 0.359. The van der Waals surface area contributed by atoms with Crippen molar-refractivity contribution in [3.05, 3.63) is 17.5 Å². The van der Waals surface area contributed by atoms with Crippen molar-refractivity contribution >= 4 is 11.6 Å². The Morgan fingerprint density at radius 1 is 1.28 bits per heavy atom. The van der Waals surface area contributed by atoms with Crippen molar-refractivity contribution in [1.29, 1.82) is 0 Å². The average Bonchev–Trinajstić information content (AvgIpc) is 2.67. The third-order valence-electron chi connectivity index (χ3n) is 4.11. The molecule has 2 rings (SSSR count). The summed E-state index contributed by atoms with van der Waals surface area (Å²) in [4.78, 5) is 0. The Hall–Kier alpha value is -0.500. The second kappa shape index (κ2) is 6.60. The molecule has 2 nitrogen and oxygen atoms in total. The van der Waals surface area contributed by atoms with E-state index in [1.54, 1.807) is 0 Å². The second-order valence-electron chi connectivity index (χ2n) is 5.41. The molecule has 0 aromatic carbocycles. The standard InChI is InChI=1S/C15H25ClN2/c1-3-13-11-14(18(4-2)17-13)10-12-8-6-5-7-9-15(12)16/h11-12,15H,3-10H2,1-2H3. The molecule has 3 heteroatoms. The fraction of sp³-hybridized carbons (Fsp3) is 0.800. The van der Waals surface area contributed by atoms with Gasteiger partial charge in [-0.05, 0) is 44.6 Å². The molecule has 1 aromatic heterocycles. The summed E-state index contributed by atoms with van der Waals surface area (Å²) in [6, 6.07) is 2.28. The van der Waals surface area contributed by atoms with Crippen molar-refractivity contribution in [1.82, 2.24) is 9.78 Å². The fourth-order valence-corrected chi connectivity index (χ4v) is 3.33. The summed E-state index contributed by atoms with van der Waals surface area (Å²) in [6.45, 7) is 5.30. The quantitative estimate of drug-likeness (QED) is 0.591. The number of hydrogen-bond acceptors (Lipinski definition) is 1. The van der Waals surface area contributed by atoms with Crippen molar-refractivity contribution in [3.63, 3.8) is 0 Å². The normalized spacial score (nSPS) is 25.1. The van der Waals surface area contributed by atoms with E-state index >= 15 is 0 Å². The summed E-state index contributed by atoms with van der Waals surface area (Å²) in [6.07, 6.45) is 8.60. The van der Waals surface area contributed by atoms with Gasteiger partial charge in [-0.15, -0.1) is 11.6 Å². The molecule has 102 valence electrons. The Labute approximate surface area is 116 Å². The average molecular weight is 269 g/mol. The van der Waals surface area contributed by atoms with Crippen LogP contribution >= 0.6 is 11.6 Å². The van der Waals surface area contributed by atoms with Crippen LogP contribution in [0.5, 0.6) is 0 Å². The minimum atomic E-state index is 0.359. The number of halogens is 1. The van der Waals surface area contributed by atoms with Crippen molar-refractivity contribution in [3.8, 4) is 0 Å². The molecule has 1 aliphatic rings. The lowest BCUT2D eigenvalue weighted by Gasteiger charge is -2.19. The van der Waals surface area contributed by atoms with Gasteiger partial charge in [0, 0.05) is 17.6 Å². The predicted molar refractivity (Wildman–Crippen MR) is 77.2 cm³/mol. The molecular weight excluding hydrogens is 244 g/mol. The predicted octanol–water partition coefficient (Wildman–Crippen LogP) is 4.20. The lowest BCUT2D eigenvalue weighted by Crippen LogP contribution is -2.18. The third kappa shape index (κ3) is 3.28. The molecule has 0 spiro atoms. The Balaban J connectivity index is 2.09. The van der Waals surface area contributed by atoms with E-state index in [2.05, 4.69) is 29.7 Å². The van der Waals surface area contributed by atoms with Gasteiger partial charge in [0.25, 0.3) is 0 Å². The van der Waals surface area contributed by atoms with Crippen LogP contribution in [0, 0.1) is 5.92 Å². The number of aromatic nitrogens is 2. The summed E-state index contributed by atoms with van der Waals surface area (Å²) in [5, 5.41) is 4.99. The molecule has 1 saturated carbocycles. The number of rotatable bonds is 4. The maximum Gasteiger partial charge on any atom is 0.0624 e. The zero-order valence-electron chi connectivity index (χ0n) is 11.7. The lowest BCUT2D eigenvalue weighted by atomic mass is 9.94. The van der Waals surface area contributed by atoms with Crippen LogP contribution in [-0.2, 0) is 19.4 Å². The molecule has 0 bridgehead atoms. The molecule has 0 aliphatic heterocycles. The summed E-state index contributed by atoms with van der Waals surface area (Å²) in [5.74, 6) is 0.640. The van der Waals surface area contributed by atoms with Crippen LogP contribution in [0.25, 0.3) is 0 Å². The molecule has 1 heterocycles. The first-order valence-electron chi connectivity index (χ1n) is 7.44. The first kappa shape index (κ1) is 13.9. The highest BCUT2D eigenvalue weighted by molar-refractivity contribution is 6.20. The van der Waals surface area contributed by atoms with Crippen LogP contribution < -0.4 is 0 Å². The molecule has 0 radical (unpaired) electrons. The second-order valence-corrected chi connectivity index (χ2v) is 5.98. The number of hydrogen-bond donors (Lipinski definition) is 0. The van der Waals surface area contributed by atoms with Gasteiger partial charge in [0.15, 0.2) is 0 Å². The summed E-state index contributed by atoms with van der Waals surface area (Å²) >= 11 is 6.54. The maximum atomic E-state index is 6.54. The first-order chi connectivity index (χ1) is 8.74. The fourth-order valence-electron chi connectivity index (χ4n) is 2.96. The van der Waals surface area contributed by atoms with E-state index < -0.39 is 0 Å². The monoisotopic (exact) mass is 268 g/mol. The Morgan fingerprint density at radius 2 is 2.06 bits per heavy atom. The highest BCUT2D eigenvalue weighted by atomic mass is 35.5. The summed E-state index contributed by atoms with van der Waals surface area (Å²) in [7, 11) is 0. The topological polar surface area (TPSA) is 17.8 Å². The molecule has 1 aromatic rings. The lowest BCUT2D eigenvalue weighted by molar-refractivity contribution is 0.445. The largest absolute Gasteiger partial charge is 0.270 e. The number of alkyl halides is 1. The van der Waals surface area contributed by atoms with Gasteiger partial charge in [-0.2, -0.15) is 5.10 Å². The van der Waals surface area contributed by atoms with Gasteiger partial charge in [0.05, 0.1) is 5.69 Å². The number of nitrogens with zero attached hydrogens (tertiary/aromatic N) is 2. The van der Waals surface area contributed by atoms with E-state index in [4.69, 9.17) is 11.6 Å². The van der Waals surface area contributed by atoms with Crippen molar-refractivity contribution in [2.75, 3.05) is 0 Å². The molecule has 0 saturated heterocycles. The highest BCUT2D eigenvalue weighted by Crippen LogP contribution is 2.30. The van der Waals surface area contributed by atoms with Gasteiger partial charge in [-0.25, -0.2) is 0 Å². The van der Waals surface area contributed by atoms with Gasteiger partial charge in [0.2, 0.25) is 0 Å². The highest BCUT2D eigenvalue weighted by Gasteiger charge is 2.23. The van der Waals surface area contributed by atoms with Gasteiger partial charge in [0.1, 0.15) is 0 Å². The van der Waals surface area contributed by atoms with Crippen LogP contribution in [0.3, 0.4) is 0 Å². The van der Waals surface area contributed by atoms with Gasteiger partial charge >= 0.3 is 0 Å². The molecule has 0 N–H and O–H groups in total. The molecule has 0 amide bonds. The van der Waals surface area contributed by atoms with Gasteiger partial charge < -0.3 is 0 Å². The minimum Gasteiger partial charge on any atom is -0.270 e. The Bertz CT molecular complexity index is 373. The molecular formula is C15H25ClN2. The van der Waals surface area contributed by atoms with Crippen LogP contribution in [0.2, 0.25) is 0 Å². The van der Waals surface area contributed by atoms with Crippen molar-refractivity contribution in [2.24, 2.45) is 5.92 Å². The SMILES string of the molecule is CCc1cc(CC2CCCCCC2Cl)n(CC)n1. The van der Waals surface area contributed by atoms with E-state index in [9.17, 15) is 0 Å². The summed E-state index contributed by atoms with van der Waals surface area (Å²) < 4.78 is 2.16. The first-order valence-corrected chi connectivity index (χ1v) is 7.87. The van der Waals surface area contributed by atoms with E-state index in [0.717, 1.165) is 19.4 Å². The zero-order valence-corrected chi connectivity index (χ0v) is 12.4. The molecule has 18 heavy (non-hydrogen) atoms. The maximum absolute atomic E-state index is 6.54. The van der Waals surface area contributed by atoms with E-state index in [-0.39, 0.29) is 0 Å². The Kier molecular flexibility index (Phi) is 5.11. The smallest absolute Gasteiger partial charge is 0.0624 e. The van der Waals surface area contributed by atoms with Crippen molar-refractivity contribution in [2.45, 2.75) is 70.7 Å². The van der Waals surface area contributed by atoms with E-state index in [1.165, 1.54) is 43.5 Å². The van der Waals surface area contributed by atoms with Gasteiger partial charge in [-0.3, -0.25) is 4.68 Å². The van der Waals surface area contributed by atoms with Crippen LogP contribution in [0.15, 0.2) is 6.07 Å². The zero-order chi connectivity index (χ0) is 13.0. The van der Waals surface area contributed by atoms with E-state index in [1.807, 2.05) is 0 Å². The Morgan fingerprint density at radius 3 is 2.78 bits per heavy atom. The van der Waals surface area contributed by atoms with Crippen LogP contribution in [0.1, 0.15) is 57.3 Å². The number of aryl methyl sites for hydroxylation is 2. The molecule has 1 fully saturated rings. The molecule has 2 unspecified atom stereocenters. The van der Waals surface area contributed by atoms with Crippen LogP contribution in [-0.4, -0.2) is 15.2 Å². The van der Waals surface area contributed by atoms with Crippen molar-refractivity contribution < 1.29 is 0 Å². The molecule has 2 atom stereocenters. The van der Waals surface area contributed by atoms with Gasteiger partial charge in [-0.1, -0.05) is 26.2 Å². The van der Waals surface area contributed by atoms with Crippen LogP contribution in [0.4, 0.5) is 0 Å².